The Morgan fingerprint density at radius 2 is 1.54 bits per heavy atom. The van der Waals surface area contributed by atoms with Crippen LogP contribution in [0.2, 0.25) is 0 Å². The summed E-state index contributed by atoms with van der Waals surface area (Å²) in [7, 11) is 0. The van der Waals surface area contributed by atoms with Gasteiger partial charge in [-0.15, -0.1) is 0 Å². The molecule has 26 heavy (non-hydrogen) atoms. The number of carboxylic acid groups (broad SMARTS) is 1. The van der Waals surface area contributed by atoms with Gasteiger partial charge in [-0.05, 0) is 44.9 Å². The largest absolute Gasteiger partial charge is 0.481 e. The molecule has 2 aliphatic rings. The Labute approximate surface area is 157 Å². The van der Waals surface area contributed by atoms with Crippen molar-refractivity contribution in [3.8, 4) is 0 Å². The van der Waals surface area contributed by atoms with E-state index in [0.29, 0.717) is 6.04 Å². The Bertz CT molecular complexity index is 481. The molecule has 1 heterocycles. The molecule has 3 N–H and O–H groups in total. The number of allylic oxidation sites excluding steroid dienone is 1. The fourth-order valence-corrected chi connectivity index (χ4v) is 4.42. The number of carboxylic acids is 1. The molecule has 1 aliphatic heterocycles. The van der Waals surface area contributed by atoms with E-state index >= 15 is 0 Å². The fourth-order valence-electron chi connectivity index (χ4n) is 4.42. The van der Waals surface area contributed by atoms with Gasteiger partial charge in [0.15, 0.2) is 0 Å². The minimum absolute atomic E-state index is 0.252. The summed E-state index contributed by atoms with van der Waals surface area (Å²) in [6, 6.07) is 0.332. The second-order valence-corrected chi connectivity index (χ2v) is 7.78. The molecule has 0 spiro atoms. The first-order valence-electron chi connectivity index (χ1n) is 10.2. The van der Waals surface area contributed by atoms with Crippen LogP contribution in [-0.4, -0.2) is 52.1 Å². The molecule has 0 aromatic carbocycles. The summed E-state index contributed by atoms with van der Waals surface area (Å²) in [6.45, 7) is 6.06. The minimum Gasteiger partial charge on any atom is -0.481 e. The molecule has 1 saturated carbocycles. The van der Waals surface area contributed by atoms with Gasteiger partial charge in [0.1, 0.15) is 0 Å². The van der Waals surface area contributed by atoms with Gasteiger partial charge in [-0.2, -0.15) is 0 Å². The van der Waals surface area contributed by atoms with Gasteiger partial charge in [0.25, 0.3) is 0 Å². The summed E-state index contributed by atoms with van der Waals surface area (Å²) in [6.07, 6.45) is 11.6. The first-order valence-corrected chi connectivity index (χ1v) is 10.2. The first kappa shape index (κ1) is 20.6. The van der Waals surface area contributed by atoms with Crippen LogP contribution in [0, 0.1) is 0 Å². The third-order valence-electron chi connectivity index (χ3n) is 5.88. The average molecular weight is 366 g/mol. The molecular formula is C20H35N3O3. The van der Waals surface area contributed by atoms with E-state index in [4.69, 9.17) is 10.8 Å². The van der Waals surface area contributed by atoms with Crippen LogP contribution in [0.15, 0.2) is 12.3 Å². The minimum atomic E-state index is -0.720. The highest BCUT2D eigenvalue weighted by Gasteiger charge is 2.32. The summed E-state index contributed by atoms with van der Waals surface area (Å²) in [5.74, 6) is -0.720. The summed E-state index contributed by atoms with van der Waals surface area (Å²) >= 11 is 0. The molecule has 0 radical (unpaired) electrons. The van der Waals surface area contributed by atoms with Crippen molar-refractivity contribution in [2.45, 2.75) is 89.1 Å². The Hall–Kier alpha value is -1.72. The van der Waals surface area contributed by atoms with Gasteiger partial charge in [-0.25, -0.2) is 4.79 Å². The zero-order valence-corrected chi connectivity index (χ0v) is 16.0. The van der Waals surface area contributed by atoms with Crippen LogP contribution in [-0.2, 0) is 4.79 Å². The molecule has 0 atom stereocenters. The smallest absolute Gasteiger partial charge is 0.315 e. The zero-order valence-electron chi connectivity index (χ0n) is 16.0. The molecular weight excluding hydrogens is 330 g/mol. The number of unbranched alkanes of at least 4 members (excludes halogenated alkanes) is 2. The lowest BCUT2D eigenvalue weighted by molar-refractivity contribution is -0.137. The highest BCUT2D eigenvalue weighted by Crippen LogP contribution is 2.28. The average Bonchev–Trinajstić information content (AvgIpc) is 2.62. The van der Waals surface area contributed by atoms with E-state index in [2.05, 4.69) is 11.5 Å². The van der Waals surface area contributed by atoms with Crippen molar-refractivity contribution in [3.63, 3.8) is 0 Å². The molecule has 148 valence electrons. The normalized spacial score (nSPS) is 19.3. The quantitative estimate of drug-likeness (QED) is 0.610. The van der Waals surface area contributed by atoms with Gasteiger partial charge in [0, 0.05) is 37.3 Å². The van der Waals surface area contributed by atoms with E-state index < -0.39 is 5.97 Å². The van der Waals surface area contributed by atoms with Crippen LogP contribution in [0.4, 0.5) is 4.79 Å². The molecule has 0 bridgehead atoms. The maximum atomic E-state index is 12.0. The molecule has 0 aromatic heterocycles. The molecule has 1 aliphatic carbocycles. The number of urea groups is 1. The van der Waals surface area contributed by atoms with Crippen molar-refractivity contribution in [2.24, 2.45) is 5.73 Å². The van der Waals surface area contributed by atoms with Gasteiger partial charge in [0.2, 0.25) is 0 Å². The molecule has 0 unspecified atom stereocenters. The third-order valence-corrected chi connectivity index (χ3v) is 5.88. The van der Waals surface area contributed by atoms with Crippen molar-refractivity contribution in [2.75, 3.05) is 13.1 Å². The number of rotatable bonds is 9. The maximum absolute atomic E-state index is 12.0. The van der Waals surface area contributed by atoms with Crippen molar-refractivity contribution in [3.05, 3.63) is 12.3 Å². The number of hydrogen-bond donors (Lipinski definition) is 2. The Morgan fingerprint density at radius 3 is 2.12 bits per heavy atom. The van der Waals surface area contributed by atoms with Crippen molar-refractivity contribution in [1.29, 1.82) is 0 Å². The summed E-state index contributed by atoms with van der Waals surface area (Å²) in [5, 5.41) is 8.67. The van der Waals surface area contributed by atoms with E-state index in [1.54, 1.807) is 0 Å². The van der Waals surface area contributed by atoms with Gasteiger partial charge in [0.05, 0.1) is 0 Å². The number of piperidine rings is 1. The predicted octanol–water partition coefficient (Wildman–Crippen LogP) is 3.71. The fraction of sp³-hybridized carbons (Fsp3) is 0.800. The first-order chi connectivity index (χ1) is 12.5. The van der Waals surface area contributed by atoms with Gasteiger partial charge in [-0.1, -0.05) is 32.3 Å². The number of amides is 2. The highest BCUT2D eigenvalue weighted by atomic mass is 16.4. The monoisotopic (exact) mass is 365 g/mol. The zero-order chi connectivity index (χ0) is 18.9. The molecule has 2 amide bonds. The van der Waals surface area contributed by atoms with Crippen molar-refractivity contribution >= 4 is 12.0 Å². The van der Waals surface area contributed by atoms with E-state index in [1.807, 2.05) is 4.90 Å². The van der Waals surface area contributed by atoms with Gasteiger partial charge in [-0.3, -0.25) is 4.79 Å². The third kappa shape index (κ3) is 6.22. The Morgan fingerprint density at radius 1 is 0.962 bits per heavy atom. The molecule has 2 fully saturated rings. The van der Waals surface area contributed by atoms with Gasteiger partial charge >= 0.3 is 12.0 Å². The number of nitrogens with two attached hydrogens (primary N) is 1. The number of hydrogen-bond acceptors (Lipinski definition) is 3. The van der Waals surface area contributed by atoms with Crippen LogP contribution < -0.4 is 5.73 Å². The molecule has 6 heteroatoms. The lowest BCUT2D eigenvalue weighted by Gasteiger charge is -2.43. The van der Waals surface area contributed by atoms with E-state index in [-0.39, 0.29) is 18.5 Å². The highest BCUT2D eigenvalue weighted by molar-refractivity contribution is 5.72. The van der Waals surface area contributed by atoms with Crippen molar-refractivity contribution in [1.82, 2.24) is 9.80 Å². The molecule has 2 rings (SSSR count). The number of carbonyl (C=O) groups is 2. The standard InChI is InChI=1S/C20H35N3O3/c1-16(8-4-2-7-11-19(24)25)22-14-12-18(13-15-22)23(20(21)26)17-9-5-3-6-10-17/h17-18H,1-15H2,(H2,21,26)(H,24,25). The van der Waals surface area contributed by atoms with Crippen LogP contribution in [0.5, 0.6) is 0 Å². The summed E-state index contributed by atoms with van der Waals surface area (Å²) in [5.41, 5.74) is 6.86. The Kier molecular flexibility index (Phi) is 8.26. The van der Waals surface area contributed by atoms with Crippen LogP contribution in [0.3, 0.4) is 0 Å². The van der Waals surface area contributed by atoms with E-state index in [0.717, 1.165) is 70.2 Å². The van der Waals surface area contributed by atoms with Crippen LogP contribution >= 0.6 is 0 Å². The van der Waals surface area contributed by atoms with E-state index in [1.165, 1.54) is 19.3 Å². The Balaban J connectivity index is 1.73. The van der Waals surface area contributed by atoms with E-state index in [9.17, 15) is 9.59 Å². The number of likely N-dealkylation sites (tertiary alicyclic amines) is 1. The number of nitrogens with zero attached hydrogens (tertiary/aromatic N) is 2. The molecule has 0 aromatic rings. The summed E-state index contributed by atoms with van der Waals surface area (Å²) < 4.78 is 0. The lowest BCUT2D eigenvalue weighted by Crippen LogP contribution is -2.53. The number of primary amides is 1. The maximum Gasteiger partial charge on any atom is 0.315 e. The second-order valence-electron chi connectivity index (χ2n) is 7.78. The second kappa shape index (κ2) is 10.4. The van der Waals surface area contributed by atoms with Crippen LogP contribution in [0.25, 0.3) is 0 Å². The topological polar surface area (TPSA) is 86.9 Å². The number of aliphatic carboxylic acids is 1. The molecule has 1 saturated heterocycles. The predicted molar refractivity (Wildman–Crippen MR) is 103 cm³/mol. The van der Waals surface area contributed by atoms with Crippen LogP contribution in [0.1, 0.15) is 77.0 Å². The number of carbonyl (C=O) groups excluding carboxylic acids is 1. The molecule has 6 nitrogen and oxygen atoms in total. The SMILES string of the molecule is C=C(CCCCCC(=O)O)N1CCC(N(C(N)=O)C2CCCCC2)CC1. The lowest BCUT2D eigenvalue weighted by atomic mass is 9.91. The summed E-state index contributed by atoms with van der Waals surface area (Å²) in [4.78, 5) is 26.9. The van der Waals surface area contributed by atoms with Gasteiger partial charge < -0.3 is 20.6 Å². The van der Waals surface area contributed by atoms with Crippen molar-refractivity contribution < 1.29 is 14.7 Å².